The zero-order valence-electron chi connectivity index (χ0n) is 10.1. The van der Waals surface area contributed by atoms with Gasteiger partial charge >= 0.3 is 0 Å². The topological polar surface area (TPSA) is 23.5 Å². The van der Waals surface area contributed by atoms with Gasteiger partial charge in [-0.05, 0) is 30.7 Å². The van der Waals surface area contributed by atoms with Gasteiger partial charge in [0.15, 0.2) is 0 Å². The summed E-state index contributed by atoms with van der Waals surface area (Å²) in [6.07, 6.45) is 2.13. The Morgan fingerprint density at radius 1 is 1.36 bits per heavy atom. The summed E-state index contributed by atoms with van der Waals surface area (Å²) in [4.78, 5) is 2.49. The van der Waals surface area contributed by atoms with Crippen molar-refractivity contribution in [3.05, 3.63) is 0 Å². The van der Waals surface area contributed by atoms with Crippen LogP contribution in [0.3, 0.4) is 0 Å². The van der Waals surface area contributed by atoms with Crippen LogP contribution in [0.1, 0.15) is 40.5 Å². The van der Waals surface area contributed by atoms with Gasteiger partial charge in [-0.2, -0.15) is 0 Å². The van der Waals surface area contributed by atoms with E-state index in [2.05, 4.69) is 32.6 Å². The van der Waals surface area contributed by atoms with Crippen molar-refractivity contribution in [3.63, 3.8) is 0 Å². The van der Waals surface area contributed by atoms with E-state index in [1.807, 2.05) is 0 Å². The van der Waals surface area contributed by atoms with Crippen molar-refractivity contribution in [2.45, 2.75) is 46.6 Å². The molecule has 1 heterocycles. The Morgan fingerprint density at radius 2 is 2.00 bits per heavy atom. The highest BCUT2D eigenvalue weighted by Gasteiger charge is 2.24. The molecule has 1 aliphatic heterocycles. The first-order chi connectivity index (χ1) is 6.38. The van der Waals surface area contributed by atoms with Crippen LogP contribution in [0.25, 0.3) is 0 Å². The summed E-state index contributed by atoms with van der Waals surface area (Å²) < 4.78 is 0. The maximum atomic E-state index is 9.60. The summed E-state index contributed by atoms with van der Waals surface area (Å²) in [6, 6.07) is 0. The molecule has 0 aliphatic carbocycles. The molecule has 0 aromatic carbocycles. The summed E-state index contributed by atoms with van der Waals surface area (Å²) in [5, 5.41) is 9.60. The molecular weight excluding hydrogens is 174 g/mol. The third kappa shape index (κ3) is 3.97. The lowest BCUT2D eigenvalue weighted by Gasteiger charge is -2.35. The van der Waals surface area contributed by atoms with Gasteiger partial charge in [0, 0.05) is 13.1 Å². The average Bonchev–Trinajstić information content (AvgIpc) is 2.06. The van der Waals surface area contributed by atoms with Crippen LogP contribution >= 0.6 is 0 Å². The van der Waals surface area contributed by atoms with Crippen molar-refractivity contribution in [2.75, 3.05) is 19.6 Å². The van der Waals surface area contributed by atoms with E-state index in [1.165, 1.54) is 13.0 Å². The molecule has 2 nitrogen and oxygen atoms in total. The number of aliphatic hydroxyl groups is 1. The van der Waals surface area contributed by atoms with Crippen LogP contribution < -0.4 is 0 Å². The number of hydrogen-bond acceptors (Lipinski definition) is 2. The minimum atomic E-state index is -0.0686. The fourth-order valence-electron chi connectivity index (χ4n) is 1.92. The lowest BCUT2D eigenvalue weighted by Crippen LogP contribution is -2.42. The second-order valence-corrected chi connectivity index (χ2v) is 5.94. The van der Waals surface area contributed by atoms with Crippen LogP contribution in [-0.4, -0.2) is 35.7 Å². The first-order valence-electron chi connectivity index (χ1n) is 5.79. The average molecular weight is 199 g/mol. The van der Waals surface area contributed by atoms with Crippen molar-refractivity contribution < 1.29 is 5.11 Å². The molecular formula is C12H25NO. The SMILES string of the molecule is CC1CN(CCC(C)(C)C)CCC1O. The van der Waals surface area contributed by atoms with E-state index in [-0.39, 0.29) is 6.10 Å². The van der Waals surface area contributed by atoms with Gasteiger partial charge in [-0.25, -0.2) is 0 Å². The monoisotopic (exact) mass is 199 g/mol. The molecule has 1 fully saturated rings. The molecule has 0 saturated carbocycles. The van der Waals surface area contributed by atoms with Gasteiger partial charge < -0.3 is 10.0 Å². The van der Waals surface area contributed by atoms with E-state index in [1.54, 1.807) is 0 Å². The largest absolute Gasteiger partial charge is 0.393 e. The predicted octanol–water partition coefficient (Wildman–Crippen LogP) is 2.13. The summed E-state index contributed by atoms with van der Waals surface area (Å²) in [5.74, 6) is 0.448. The van der Waals surface area contributed by atoms with Crippen LogP contribution in [0.15, 0.2) is 0 Å². The number of nitrogens with zero attached hydrogens (tertiary/aromatic N) is 1. The van der Waals surface area contributed by atoms with Crippen LogP contribution in [0.5, 0.6) is 0 Å². The second-order valence-electron chi connectivity index (χ2n) is 5.94. The van der Waals surface area contributed by atoms with E-state index in [9.17, 15) is 5.11 Å². The molecule has 2 atom stereocenters. The highest BCUT2D eigenvalue weighted by atomic mass is 16.3. The molecule has 0 aromatic heterocycles. The van der Waals surface area contributed by atoms with Crippen molar-refractivity contribution in [3.8, 4) is 0 Å². The number of likely N-dealkylation sites (tertiary alicyclic amines) is 1. The smallest absolute Gasteiger partial charge is 0.0590 e. The molecule has 1 saturated heterocycles. The molecule has 0 amide bonds. The van der Waals surface area contributed by atoms with Crippen LogP contribution in [0.2, 0.25) is 0 Å². The first-order valence-corrected chi connectivity index (χ1v) is 5.79. The molecule has 0 radical (unpaired) electrons. The van der Waals surface area contributed by atoms with Gasteiger partial charge in [-0.3, -0.25) is 0 Å². The molecule has 14 heavy (non-hydrogen) atoms. The Morgan fingerprint density at radius 3 is 2.50 bits per heavy atom. The lowest BCUT2D eigenvalue weighted by molar-refractivity contribution is 0.0315. The van der Waals surface area contributed by atoms with Crippen molar-refractivity contribution >= 4 is 0 Å². The van der Waals surface area contributed by atoms with Crippen molar-refractivity contribution in [1.29, 1.82) is 0 Å². The van der Waals surface area contributed by atoms with E-state index >= 15 is 0 Å². The minimum absolute atomic E-state index is 0.0686. The van der Waals surface area contributed by atoms with E-state index < -0.39 is 0 Å². The number of rotatable bonds is 2. The number of piperidine rings is 1. The first kappa shape index (κ1) is 12.0. The maximum Gasteiger partial charge on any atom is 0.0590 e. The zero-order chi connectivity index (χ0) is 10.8. The molecule has 0 bridgehead atoms. The van der Waals surface area contributed by atoms with Gasteiger partial charge in [-0.1, -0.05) is 27.7 Å². The third-order valence-corrected chi connectivity index (χ3v) is 3.12. The second kappa shape index (κ2) is 4.63. The van der Waals surface area contributed by atoms with E-state index in [0.29, 0.717) is 11.3 Å². The predicted molar refractivity (Wildman–Crippen MR) is 60.3 cm³/mol. The molecule has 1 N–H and O–H groups in total. The molecule has 2 unspecified atom stereocenters. The standard InChI is InChI=1S/C12H25NO/c1-10-9-13(7-5-11(10)14)8-6-12(2,3)4/h10-11,14H,5-9H2,1-4H3. The summed E-state index contributed by atoms with van der Waals surface area (Å²) in [5.41, 5.74) is 0.430. The van der Waals surface area contributed by atoms with Gasteiger partial charge in [0.05, 0.1) is 6.10 Å². The molecule has 0 spiro atoms. The Kier molecular flexibility index (Phi) is 3.96. The van der Waals surface area contributed by atoms with Crippen LogP contribution in [-0.2, 0) is 0 Å². The van der Waals surface area contributed by atoms with E-state index in [0.717, 1.165) is 19.5 Å². The fourth-order valence-corrected chi connectivity index (χ4v) is 1.92. The quantitative estimate of drug-likeness (QED) is 0.736. The van der Waals surface area contributed by atoms with Gasteiger partial charge in [0.1, 0.15) is 0 Å². The van der Waals surface area contributed by atoms with Crippen LogP contribution in [0.4, 0.5) is 0 Å². The zero-order valence-corrected chi connectivity index (χ0v) is 10.1. The van der Waals surface area contributed by atoms with Gasteiger partial charge in [0.25, 0.3) is 0 Å². The highest BCUT2D eigenvalue weighted by molar-refractivity contribution is 4.78. The normalized spacial score (nSPS) is 30.6. The number of aliphatic hydroxyl groups excluding tert-OH is 1. The third-order valence-electron chi connectivity index (χ3n) is 3.12. The Labute approximate surface area is 88.3 Å². The van der Waals surface area contributed by atoms with Crippen molar-refractivity contribution in [2.24, 2.45) is 11.3 Å². The molecule has 1 aliphatic rings. The van der Waals surface area contributed by atoms with E-state index in [4.69, 9.17) is 0 Å². The Balaban J connectivity index is 2.27. The van der Waals surface area contributed by atoms with Crippen molar-refractivity contribution in [1.82, 2.24) is 4.90 Å². The highest BCUT2D eigenvalue weighted by Crippen LogP contribution is 2.22. The minimum Gasteiger partial charge on any atom is -0.393 e. The summed E-state index contributed by atoms with van der Waals surface area (Å²) in [7, 11) is 0. The molecule has 1 rings (SSSR count). The van der Waals surface area contributed by atoms with Crippen LogP contribution in [0, 0.1) is 11.3 Å². The lowest BCUT2D eigenvalue weighted by atomic mass is 9.90. The number of hydrogen-bond donors (Lipinski definition) is 1. The maximum absolute atomic E-state index is 9.60. The Hall–Kier alpha value is -0.0800. The summed E-state index contributed by atoms with van der Waals surface area (Å²) >= 11 is 0. The molecule has 84 valence electrons. The molecule has 2 heteroatoms. The van der Waals surface area contributed by atoms with Gasteiger partial charge in [-0.15, -0.1) is 0 Å². The van der Waals surface area contributed by atoms with Gasteiger partial charge in [0.2, 0.25) is 0 Å². The summed E-state index contributed by atoms with van der Waals surface area (Å²) in [6.45, 7) is 12.3. The fraction of sp³-hybridized carbons (Fsp3) is 1.00. The Bertz CT molecular complexity index is 174. The molecule has 0 aromatic rings.